The molecule has 3 nitrogen and oxygen atoms in total. The Kier molecular flexibility index (Phi) is 4.22. The first-order valence-corrected chi connectivity index (χ1v) is 6.23. The van der Waals surface area contributed by atoms with Crippen LogP contribution in [-0.4, -0.2) is 38.0 Å². The first-order chi connectivity index (χ1) is 7.85. The quantitative estimate of drug-likeness (QED) is 0.576. The molecule has 0 bridgehead atoms. The molecule has 2 rings (SSSR count). The van der Waals surface area contributed by atoms with E-state index in [0.717, 1.165) is 58.5 Å². The van der Waals surface area contributed by atoms with Crippen molar-refractivity contribution in [2.75, 3.05) is 26.4 Å². The van der Waals surface area contributed by atoms with Crippen LogP contribution >= 0.6 is 0 Å². The van der Waals surface area contributed by atoms with Gasteiger partial charge in [-0.1, -0.05) is 0 Å². The first-order valence-electron chi connectivity index (χ1n) is 6.23. The Labute approximate surface area is 97.9 Å². The third-order valence-electron chi connectivity index (χ3n) is 3.49. The highest BCUT2D eigenvalue weighted by Crippen LogP contribution is 2.32. The Morgan fingerprint density at radius 3 is 3.12 bits per heavy atom. The van der Waals surface area contributed by atoms with Gasteiger partial charge in [-0.2, -0.15) is 0 Å². The fourth-order valence-electron chi connectivity index (χ4n) is 2.56. The lowest BCUT2D eigenvalue weighted by Crippen LogP contribution is -2.47. The summed E-state index contributed by atoms with van der Waals surface area (Å²) in [6.07, 6.45) is 10.4. The van der Waals surface area contributed by atoms with Gasteiger partial charge in [0.15, 0.2) is 0 Å². The SMILES string of the molecule is C#CCCCNC1CCOC2(CCOC2)C1. The molecule has 3 heteroatoms. The number of rotatable bonds is 4. The predicted octanol–water partition coefficient (Wildman–Crippen LogP) is 1.33. The van der Waals surface area contributed by atoms with E-state index in [-0.39, 0.29) is 5.60 Å². The standard InChI is InChI=1S/C13H21NO2/c1-2-3-4-7-14-12-5-8-16-13(10-12)6-9-15-11-13/h1,12,14H,3-11H2. The van der Waals surface area contributed by atoms with E-state index in [2.05, 4.69) is 11.2 Å². The molecule has 0 aromatic rings. The van der Waals surface area contributed by atoms with Crippen molar-refractivity contribution in [1.29, 1.82) is 0 Å². The molecule has 2 atom stereocenters. The molecular formula is C13H21NO2. The molecule has 0 aromatic heterocycles. The van der Waals surface area contributed by atoms with Crippen LogP contribution in [0.4, 0.5) is 0 Å². The summed E-state index contributed by atoms with van der Waals surface area (Å²) in [5, 5.41) is 3.58. The van der Waals surface area contributed by atoms with E-state index in [9.17, 15) is 0 Å². The van der Waals surface area contributed by atoms with Gasteiger partial charge in [0.1, 0.15) is 0 Å². The van der Waals surface area contributed by atoms with Crippen LogP contribution in [0.3, 0.4) is 0 Å². The van der Waals surface area contributed by atoms with E-state index in [1.807, 2.05) is 0 Å². The van der Waals surface area contributed by atoms with E-state index in [4.69, 9.17) is 15.9 Å². The van der Waals surface area contributed by atoms with Gasteiger partial charge in [0, 0.05) is 32.1 Å². The largest absolute Gasteiger partial charge is 0.378 e. The monoisotopic (exact) mass is 223 g/mol. The molecule has 90 valence electrons. The summed E-state index contributed by atoms with van der Waals surface area (Å²) in [7, 11) is 0. The van der Waals surface area contributed by atoms with Gasteiger partial charge in [0.05, 0.1) is 12.2 Å². The maximum atomic E-state index is 5.89. The molecule has 16 heavy (non-hydrogen) atoms. The van der Waals surface area contributed by atoms with Crippen molar-refractivity contribution in [3.63, 3.8) is 0 Å². The van der Waals surface area contributed by atoms with Gasteiger partial charge in [0.25, 0.3) is 0 Å². The van der Waals surface area contributed by atoms with Gasteiger partial charge in [0.2, 0.25) is 0 Å². The lowest BCUT2D eigenvalue weighted by atomic mass is 9.89. The fraction of sp³-hybridized carbons (Fsp3) is 0.846. The van der Waals surface area contributed by atoms with Crippen LogP contribution in [0, 0.1) is 12.3 Å². The van der Waals surface area contributed by atoms with Gasteiger partial charge in [-0.05, 0) is 25.8 Å². The van der Waals surface area contributed by atoms with Gasteiger partial charge in [-0.3, -0.25) is 0 Å². The number of nitrogens with one attached hydrogen (secondary N) is 1. The second kappa shape index (κ2) is 5.67. The van der Waals surface area contributed by atoms with Crippen LogP contribution in [0.5, 0.6) is 0 Å². The normalized spacial score (nSPS) is 34.1. The second-order valence-electron chi connectivity index (χ2n) is 4.79. The fourth-order valence-corrected chi connectivity index (χ4v) is 2.56. The van der Waals surface area contributed by atoms with Gasteiger partial charge in [-0.25, -0.2) is 0 Å². The van der Waals surface area contributed by atoms with Crippen molar-refractivity contribution >= 4 is 0 Å². The topological polar surface area (TPSA) is 30.5 Å². The average Bonchev–Trinajstić information content (AvgIpc) is 2.73. The molecule has 2 aliphatic rings. The number of hydrogen-bond donors (Lipinski definition) is 1. The maximum absolute atomic E-state index is 5.89. The summed E-state index contributed by atoms with van der Waals surface area (Å²) in [5.74, 6) is 2.67. The van der Waals surface area contributed by atoms with Crippen molar-refractivity contribution in [2.24, 2.45) is 0 Å². The molecule has 0 aromatic carbocycles. The Bertz CT molecular complexity index is 253. The van der Waals surface area contributed by atoms with E-state index in [0.29, 0.717) is 6.04 Å². The Balaban J connectivity index is 1.72. The molecule has 0 saturated carbocycles. The Morgan fingerprint density at radius 1 is 1.44 bits per heavy atom. The van der Waals surface area contributed by atoms with E-state index < -0.39 is 0 Å². The molecule has 0 radical (unpaired) electrons. The predicted molar refractivity (Wildman–Crippen MR) is 63.2 cm³/mol. The summed E-state index contributed by atoms with van der Waals surface area (Å²) in [6.45, 7) is 3.50. The molecule has 0 aliphatic carbocycles. The minimum atomic E-state index is 0.0159. The van der Waals surface area contributed by atoms with Crippen LogP contribution in [0.15, 0.2) is 0 Å². The molecule has 0 amide bonds. The average molecular weight is 223 g/mol. The van der Waals surface area contributed by atoms with Crippen LogP contribution in [0.25, 0.3) is 0 Å². The minimum Gasteiger partial charge on any atom is -0.378 e. The van der Waals surface area contributed by atoms with Crippen LogP contribution < -0.4 is 5.32 Å². The van der Waals surface area contributed by atoms with Gasteiger partial charge >= 0.3 is 0 Å². The van der Waals surface area contributed by atoms with Crippen molar-refractivity contribution < 1.29 is 9.47 Å². The summed E-state index contributed by atoms with van der Waals surface area (Å²) in [6, 6.07) is 0.577. The van der Waals surface area contributed by atoms with Gasteiger partial charge in [-0.15, -0.1) is 12.3 Å². The van der Waals surface area contributed by atoms with E-state index in [1.165, 1.54) is 0 Å². The van der Waals surface area contributed by atoms with Crippen molar-refractivity contribution in [2.45, 2.75) is 43.7 Å². The first kappa shape index (κ1) is 11.9. The Hall–Kier alpha value is -0.560. The highest BCUT2D eigenvalue weighted by molar-refractivity contribution is 4.93. The van der Waals surface area contributed by atoms with Crippen molar-refractivity contribution in [3.05, 3.63) is 0 Å². The molecule has 2 aliphatic heterocycles. The van der Waals surface area contributed by atoms with Gasteiger partial charge < -0.3 is 14.8 Å². The minimum absolute atomic E-state index is 0.0159. The number of ether oxygens (including phenoxy) is 2. The molecule has 2 heterocycles. The molecule has 2 saturated heterocycles. The Morgan fingerprint density at radius 2 is 2.38 bits per heavy atom. The zero-order chi connectivity index (χ0) is 11.3. The van der Waals surface area contributed by atoms with Crippen LogP contribution in [0.2, 0.25) is 0 Å². The summed E-state index contributed by atoms with van der Waals surface area (Å²) in [5.41, 5.74) is 0.0159. The summed E-state index contributed by atoms with van der Waals surface area (Å²) >= 11 is 0. The molecule has 1 spiro atoms. The van der Waals surface area contributed by atoms with Crippen molar-refractivity contribution in [3.8, 4) is 12.3 Å². The number of hydrogen-bond acceptors (Lipinski definition) is 3. The molecule has 2 unspecified atom stereocenters. The molecular weight excluding hydrogens is 202 g/mol. The lowest BCUT2D eigenvalue weighted by Gasteiger charge is -2.37. The van der Waals surface area contributed by atoms with Crippen LogP contribution in [0.1, 0.15) is 32.1 Å². The summed E-state index contributed by atoms with van der Waals surface area (Å²) in [4.78, 5) is 0. The third-order valence-corrected chi connectivity index (χ3v) is 3.49. The second-order valence-corrected chi connectivity index (χ2v) is 4.79. The smallest absolute Gasteiger partial charge is 0.0951 e. The van der Waals surface area contributed by atoms with E-state index >= 15 is 0 Å². The zero-order valence-electron chi connectivity index (χ0n) is 9.84. The van der Waals surface area contributed by atoms with Crippen LogP contribution in [-0.2, 0) is 9.47 Å². The van der Waals surface area contributed by atoms with E-state index in [1.54, 1.807) is 0 Å². The van der Waals surface area contributed by atoms with Crippen molar-refractivity contribution in [1.82, 2.24) is 5.32 Å². The molecule has 1 N–H and O–H groups in total. The lowest BCUT2D eigenvalue weighted by molar-refractivity contribution is -0.0892. The number of terminal acetylenes is 1. The molecule has 2 fully saturated rings. The maximum Gasteiger partial charge on any atom is 0.0951 e. The third kappa shape index (κ3) is 2.98. The zero-order valence-corrected chi connectivity index (χ0v) is 9.84. The highest BCUT2D eigenvalue weighted by Gasteiger charge is 2.40. The summed E-state index contributed by atoms with van der Waals surface area (Å²) < 4.78 is 11.3. The number of unbranched alkanes of at least 4 members (excludes halogenated alkanes) is 1. The highest BCUT2D eigenvalue weighted by atomic mass is 16.6.